The number of hydrogen-bond acceptors (Lipinski definition) is 3. The van der Waals surface area contributed by atoms with Crippen LogP contribution >= 0.6 is 0 Å². The Morgan fingerprint density at radius 1 is 0.900 bits per heavy atom. The fourth-order valence-electron chi connectivity index (χ4n) is 4.64. The number of hydrogen-bond donors (Lipinski definition) is 0. The van der Waals surface area contributed by atoms with E-state index in [1.807, 2.05) is 6.08 Å². The minimum Gasteiger partial charge on any atom is -0.496 e. The van der Waals surface area contributed by atoms with Crippen LogP contribution in [0.25, 0.3) is 0 Å². The third-order valence-corrected chi connectivity index (χ3v) is 6.05. The van der Waals surface area contributed by atoms with Crippen molar-refractivity contribution in [1.82, 2.24) is 0 Å². The molecule has 0 amide bonds. The lowest BCUT2D eigenvalue weighted by Gasteiger charge is -2.38. The molecule has 3 aromatic rings. The highest BCUT2D eigenvalue weighted by Crippen LogP contribution is 2.50. The maximum absolute atomic E-state index is 5.93. The van der Waals surface area contributed by atoms with Crippen molar-refractivity contribution in [2.24, 2.45) is 0 Å². The normalized spacial score (nSPS) is 12.8. The van der Waals surface area contributed by atoms with Gasteiger partial charge in [0.05, 0.1) is 7.11 Å². The summed E-state index contributed by atoms with van der Waals surface area (Å²) < 4.78 is 5.93. The molecule has 0 atom stereocenters. The van der Waals surface area contributed by atoms with Crippen molar-refractivity contribution < 1.29 is 4.74 Å². The lowest BCUT2D eigenvalue weighted by molar-refractivity contribution is 0.409. The minimum atomic E-state index is 0.124. The molecule has 1 aliphatic heterocycles. The van der Waals surface area contributed by atoms with Gasteiger partial charge in [-0.3, -0.25) is 0 Å². The van der Waals surface area contributed by atoms with Gasteiger partial charge in [0.15, 0.2) is 0 Å². The van der Waals surface area contributed by atoms with Gasteiger partial charge >= 0.3 is 0 Å². The molecule has 1 heterocycles. The van der Waals surface area contributed by atoms with Gasteiger partial charge in [0, 0.05) is 54.2 Å². The summed E-state index contributed by atoms with van der Waals surface area (Å²) in [4.78, 5) is 4.70. The molecule has 0 unspecified atom stereocenters. The Balaban J connectivity index is 1.92. The lowest BCUT2D eigenvalue weighted by Crippen LogP contribution is -2.26. The van der Waals surface area contributed by atoms with Crippen LogP contribution in [0.1, 0.15) is 36.5 Å². The number of rotatable bonds is 7. The zero-order valence-corrected chi connectivity index (χ0v) is 18.1. The van der Waals surface area contributed by atoms with Gasteiger partial charge < -0.3 is 14.5 Å². The number of benzene rings is 3. The monoisotopic (exact) mass is 398 g/mol. The molecule has 0 spiro atoms. The van der Waals surface area contributed by atoms with Crippen LogP contribution in [0.2, 0.25) is 0 Å². The molecule has 3 heteroatoms. The van der Waals surface area contributed by atoms with Crippen molar-refractivity contribution in [1.29, 1.82) is 0 Å². The maximum atomic E-state index is 5.93. The maximum Gasteiger partial charge on any atom is 0.125 e. The molecule has 0 fully saturated rings. The van der Waals surface area contributed by atoms with Crippen LogP contribution in [0.15, 0.2) is 79.4 Å². The first-order valence-corrected chi connectivity index (χ1v) is 10.7. The highest BCUT2D eigenvalue weighted by molar-refractivity contribution is 5.79. The number of para-hydroxylation sites is 2. The van der Waals surface area contributed by atoms with E-state index in [4.69, 9.17) is 4.74 Å². The molecule has 0 radical (unpaired) electrons. The van der Waals surface area contributed by atoms with Gasteiger partial charge in [-0.1, -0.05) is 48.5 Å². The molecule has 0 bridgehead atoms. The number of fused-ring (bicyclic) bond motifs is 2. The smallest absolute Gasteiger partial charge is 0.125 e. The third-order valence-electron chi connectivity index (χ3n) is 6.05. The van der Waals surface area contributed by atoms with Gasteiger partial charge in [-0.2, -0.15) is 0 Å². The molecular formula is C27H30N2O. The summed E-state index contributed by atoms with van der Waals surface area (Å²) in [7, 11) is 1.77. The Morgan fingerprint density at radius 2 is 1.50 bits per heavy atom. The van der Waals surface area contributed by atoms with Crippen molar-refractivity contribution >= 4 is 17.1 Å². The predicted octanol–water partition coefficient (Wildman–Crippen LogP) is 6.36. The van der Waals surface area contributed by atoms with Crippen LogP contribution in [0.4, 0.5) is 17.1 Å². The van der Waals surface area contributed by atoms with Crippen molar-refractivity contribution in [3.63, 3.8) is 0 Å². The predicted molar refractivity (Wildman–Crippen MR) is 128 cm³/mol. The van der Waals surface area contributed by atoms with E-state index in [9.17, 15) is 0 Å². The van der Waals surface area contributed by atoms with E-state index in [-0.39, 0.29) is 5.92 Å². The van der Waals surface area contributed by atoms with Crippen molar-refractivity contribution in [3.8, 4) is 5.75 Å². The first-order valence-electron chi connectivity index (χ1n) is 10.7. The molecule has 3 aromatic carbocycles. The Hall–Kier alpha value is -3.20. The Bertz CT molecular complexity index is 991. The Morgan fingerprint density at radius 3 is 2.03 bits per heavy atom. The summed E-state index contributed by atoms with van der Waals surface area (Å²) in [6.45, 7) is 11.1. The van der Waals surface area contributed by atoms with Gasteiger partial charge in [-0.25, -0.2) is 0 Å². The fraction of sp³-hybridized carbons (Fsp3) is 0.259. The van der Waals surface area contributed by atoms with E-state index in [1.165, 1.54) is 33.8 Å². The van der Waals surface area contributed by atoms with Crippen molar-refractivity contribution in [3.05, 3.63) is 96.1 Å². The van der Waals surface area contributed by atoms with Crippen LogP contribution in [0, 0.1) is 0 Å². The molecule has 4 rings (SSSR count). The average molecular weight is 399 g/mol. The summed E-state index contributed by atoms with van der Waals surface area (Å²) in [6.07, 6.45) is 1.97. The van der Waals surface area contributed by atoms with Gasteiger partial charge in [0.2, 0.25) is 0 Å². The quantitative estimate of drug-likeness (QED) is 0.431. The van der Waals surface area contributed by atoms with Crippen LogP contribution in [-0.4, -0.2) is 26.7 Å². The number of nitrogens with zero attached hydrogens (tertiary/aromatic N) is 2. The van der Waals surface area contributed by atoms with Crippen molar-refractivity contribution in [2.45, 2.75) is 19.8 Å². The highest BCUT2D eigenvalue weighted by atomic mass is 16.5. The second-order valence-corrected chi connectivity index (χ2v) is 7.55. The second kappa shape index (κ2) is 8.66. The summed E-state index contributed by atoms with van der Waals surface area (Å²) in [5, 5.41) is 0. The Labute approximate surface area is 180 Å². The van der Waals surface area contributed by atoms with Gasteiger partial charge in [0.25, 0.3) is 0 Å². The number of methoxy groups -OCH3 is 1. The van der Waals surface area contributed by atoms with Crippen LogP contribution in [-0.2, 0) is 0 Å². The molecule has 3 nitrogen and oxygen atoms in total. The second-order valence-electron chi connectivity index (χ2n) is 7.55. The average Bonchev–Trinajstić information content (AvgIpc) is 2.80. The molecule has 154 valence electrons. The van der Waals surface area contributed by atoms with Gasteiger partial charge in [-0.05, 0) is 43.2 Å². The minimum absolute atomic E-state index is 0.124. The zero-order valence-electron chi connectivity index (χ0n) is 18.1. The number of ether oxygens (including phenoxy) is 1. The van der Waals surface area contributed by atoms with Crippen LogP contribution < -0.4 is 14.5 Å². The zero-order chi connectivity index (χ0) is 21.1. The van der Waals surface area contributed by atoms with E-state index in [0.29, 0.717) is 0 Å². The van der Waals surface area contributed by atoms with Gasteiger partial charge in [0.1, 0.15) is 5.75 Å². The summed E-state index contributed by atoms with van der Waals surface area (Å²) in [6, 6.07) is 24.0. The summed E-state index contributed by atoms with van der Waals surface area (Å²) in [5.74, 6) is 1.06. The molecule has 0 N–H and O–H groups in total. The van der Waals surface area contributed by atoms with Gasteiger partial charge in [-0.15, -0.1) is 6.58 Å². The summed E-state index contributed by atoms with van der Waals surface area (Å²) >= 11 is 0. The van der Waals surface area contributed by atoms with E-state index in [1.54, 1.807) is 7.11 Å². The Kier molecular flexibility index (Phi) is 5.80. The van der Waals surface area contributed by atoms with Crippen LogP contribution in [0.5, 0.6) is 5.75 Å². The lowest BCUT2D eigenvalue weighted by atomic mass is 9.79. The van der Waals surface area contributed by atoms with Crippen LogP contribution in [0.3, 0.4) is 0 Å². The van der Waals surface area contributed by atoms with E-state index in [2.05, 4.69) is 97.0 Å². The standard InChI is InChI=1S/C27H30N2O/c1-5-18-29-24-14-10-8-12-21(24)27(22-13-9-11-15-25(22)29)23-17-16-20(19-26(23)30-4)28(6-2)7-3/h5,8-17,19,27H,1,6-7,18H2,2-4H3. The molecular weight excluding hydrogens is 368 g/mol. The molecule has 0 saturated carbocycles. The molecule has 1 aliphatic rings. The fourth-order valence-corrected chi connectivity index (χ4v) is 4.64. The third kappa shape index (κ3) is 3.35. The molecule has 0 aliphatic carbocycles. The topological polar surface area (TPSA) is 15.7 Å². The van der Waals surface area contributed by atoms with E-state index < -0.39 is 0 Å². The van der Waals surface area contributed by atoms with Crippen molar-refractivity contribution in [2.75, 3.05) is 36.5 Å². The molecule has 0 aromatic heterocycles. The first-order chi connectivity index (χ1) is 14.7. The first kappa shape index (κ1) is 20.1. The molecule has 0 saturated heterocycles. The SMILES string of the molecule is C=CCN1c2ccccc2C(c2ccc(N(CC)CC)cc2OC)c2ccccc21. The highest BCUT2D eigenvalue weighted by Gasteiger charge is 2.32. The number of anilines is 3. The summed E-state index contributed by atoms with van der Waals surface area (Å²) in [5.41, 5.74) is 7.46. The molecule has 30 heavy (non-hydrogen) atoms. The largest absolute Gasteiger partial charge is 0.496 e. The van der Waals surface area contributed by atoms with E-state index >= 15 is 0 Å². The van der Waals surface area contributed by atoms with E-state index in [0.717, 1.165) is 25.4 Å².